The highest BCUT2D eigenvalue weighted by Gasteiger charge is 2.50. The summed E-state index contributed by atoms with van der Waals surface area (Å²) in [6, 6.07) is 0. The van der Waals surface area contributed by atoms with Crippen LogP contribution in [0.25, 0.3) is 0 Å². The minimum atomic E-state index is -0.363. The molecule has 1 saturated heterocycles. The molecule has 3 heteroatoms. The molecule has 0 aromatic rings. The highest BCUT2D eigenvalue weighted by molar-refractivity contribution is 5.01. The molecule has 1 rings (SSSR count). The molecule has 0 aromatic carbocycles. The molecular weight excluding hydrogens is 346 g/mol. The fraction of sp³-hybridized carbons (Fsp3) is 1.00. The number of aliphatic hydroxyl groups excluding tert-OH is 1. The molecule has 0 aromatic heterocycles. The Morgan fingerprint density at radius 3 is 1.54 bits per heavy atom. The molecule has 0 spiro atoms. The van der Waals surface area contributed by atoms with Crippen molar-refractivity contribution in [2.75, 3.05) is 0 Å². The fourth-order valence-corrected chi connectivity index (χ4v) is 5.25. The quantitative estimate of drug-likeness (QED) is 0.281. The number of hydroxylamine groups is 2. The van der Waals surface area contributed by atoms with Gasteiger partial charge in [-0.15, -0.1) is 0 Å². The summed E-state index contributed by atoms with van der Waals surface area (Å²) in [5.41, 5.74) is -0.716. The maximum Gasteiger partial charge on any atom is 0.0605 e. The van der Waals surface area contributed by atoms with E-state index in [4.69, 9.17) is 0 Å². The maximum absolute atomic E-state index is 10.6. The Morgan fingerprint density at radius 2 is 1.11 bits per heavy atom. The Labute approximate surface area is 176 Å². The Kier molecular flexibility index (Phi) is 12.3. The second kappa shape index (κ2) is 13.2. The van der Waals surface area contributed by atoms with E-state index in [0.29, 0.717) is 6.42 Å². The van der Waals surface area contributed by atoms with Crippen molar-refractivity contribution in [2.24, 2.45) is 5.92 Å². The molecular formula is C25H51NO2. The highest BCUT2D eigenvalue weighted by atomic mass is 16.5. The lowest BCUT2D eigenvalue weighted by Gasteiger charge is -2.55. The normalized spacial score (nSPS) is 24.5. The highest BCUT2D eigenvalue weighted by Crippen LogP contribution is 2.43. The lowest BCUT2D eigenvalue weighted by atomic mass is 9.70. The van der Waals surface area contributed by atoms with Crippen LogP contribution in [0.15, 0.2) is 0 Å². The van der Waals surface area contributed by atoms with E-state index in [1.807, 2.05) is 13.8 Å². The lowest BCUT2D eigenvalue weighted by Crippen LogP contribution is -2.65. The summed E-state index contributed by atoms with van der Waals surface area (Å²) in [6.07, 6.45) is 20.6. The minimum Gasteiger partial charge on any atom is -0.393 e. The van der Waals surface area contributed by atoms with Crippen molar-refractivity contribution in [1.29, 1.82) is 0 Å². The molecule has 1 aliphatic rings. The van der Waals surface area contributed by atoms with Gasteiger partial charge in [0.05, 0.1) is 6.10 Å². The van der Waals surface area contributed by atoms with E-state index >= 15 is 0 Å². The van der Waals surface area contributed by atoms with Gasteiger partial charge in [0, 0.05) is 17.0 Å². The summed E-state index contributed by atoms with van der Waals surface area (Å²) in [7, 11) is 0. The summed E-state index contributed by atoms with van der Waals surface area (Å²) in [5.74, 6) is 0.155. The van der Waals surface area contributed by atoms with Gasteiger partial charge in [-0.2, -0.15) is 5.06 Å². The Balaban J connectivity index is 2.03. The predicted octanol–water partition coefficient (Wildman–Crippen LogP) is 7.49. The van der Waals surface area contributed by atoms with Gasteiger partial charge in [0.25, 0.3) is 0 Å². The number of unbranched alkanes of at least 4 members (excludes halogenated alkanes) is 13. The number of hydrogen-bond donors (Lipinski definition) is 2. The third-order valence-electron chi connectivity index (χ3n) is 7.07. The van der Waals surface area contributed by atoms with Crippen molar-refractivity contribution in [3.63, 3.8) is 0 Å². The fourth-order valence-electron chi connectivity index (χ4n) is 5.25. The van der Waals surface area contributed by atoms with Crippen LogP contribution in [0.4, 0.5) is 0 Å². The number of nitrogens with zero attached hydrogens (tertiary/aromatic N) is 1. The van der Waals surface area contributed by atoms with Gasteiger partial charge in [0.1, 0.15) is 0 Å². The molecule has 1 aliphatic heterocycles. The van der Waals surface area contributed by atoms with E-state index in [0.717, 1.165) is 12.8 Å². The number of aliphatic hydroxyl groups is 1. The van der Waals surface area contributed by atoms with Crippen molar-refractivity contribution in [2.45, 2.75) is 155 Å². The third kappa shape index (κ3) is 8.71. The van der Waals surface area contributed by atoms with E-state index in [1.165, 1.54) is 88.5 Å². The van der Waals surface area contributed by atoms with Crippen molar-refractivity contribution in [1.82, 2.24) is 5.06 Å². The Bertz CT molecular complexity index is 394. The summed E-state index contributed by atoms with van der Waals surface area (Å²) in [6.45, 7) is 10.5. The van der Waals surface area contributed by atoms with Crippen molar-refractivity contribution >= 4 is 0 Å². The molecule has 0 saturated carbocycles. The van der Waals surface area contributed by atoms with Gasteiger partial charge in [-0.25, -0.2) is 0 Å². The van der Waals surface area contributed by atoms with Crippen LogP contribution in [0, 0.1) is 5.92 Å². The van der Waals surface area contributed by atoms with Crippen molar-refractivity contribution < 1.29 is 10.3 Å². The van der Waals surface area contributed by atoms with Crippen LogP contribution in [0.5, 0.6) is 0 Å². The molecule has 168 valence electrons. The molecule has 0 aliphatic carbocycles. The monoisotopic (exact) mass is 397 g/mol. The largest absolute Gasteiger partial charge is 0.393 e. The van der Waals surface area contributed by atoms with Gasteiger partial charge in [0.2, 0.25) is 0 Å². The average molecular weight is 398 g/mol. The first-order valence-corrected chi connectivity index (χ1v) is 12.4. The molecule has 2 unspecified atom stereocenters. The molecule has 2 N–H and O–H groups in total. The molecule has 1 heterocycles. The minimum absolute atomic E-state index is 0.155. The van der Waals surface area contributed by atoms with Crippen LogP contribution in [-0.2, 0) is 0 Å². The van der Waals surface area contributed by atoms with Crippen LogP contribution in [-0.4, -0.2) is 32.6 Å². The Morgan fingerprint density at radius 1 is 0.714 bits per heavy atom. The van der Waals surface area contributed by atoms with Crippen LogP contribution >= 0.6 is 0 Å². The molecule has 0 bridgehead atoms. The zero-order valence-corrected chi connectivity index (χ0v) is 19.8. The maximum atomic E-state index is 10.6. The SMILES string of the molecule is CCCCCCCCCCCCCCCCC1C(O)CC(C)(C)N(O)C1(C)C. The van der Waals surface area contributed by atoms with Gasteiger partial charge in [-0.1, -0.05) is 96.8 Å². The van der Waals surface area contributed by atoms with Crippen LogP contribution in [0.3, 0.4) is 0 Å². The van der Waals surface area contributed by atoms with Crippen LogP contribution in [0.2, 0.25) is 0 Å². The van der Waals surface area contributed by atoms with E-state index in [9.17, 15) is 10.3 Å². The molecule has 3 nitrogen and oxygen atoms in total. The molecule has 0 radical (unpaired) electrons. The molecule has 2 atom stereocenters. The van der Waals surface area contributed by atoms with Crippen LogP contribution in [0.1, 0.15) is 137 Å². The van der Waals surface area contributed by atoms with Gasteiger partial charge < -0.3 is 10.3 Å². The first-order chi connectivity index (χ1) is 13.2. The van der Waals surface area contributed by atoms with E-state index in [-0.39, 0.29) is 23.1 Å². The molecule has 0 amide bonds. The smallest absolute Gasteiger partial charge is 0.0605 e. The molecule has 28 heavy (non-hydrogen) atoms. The summed E-state index contributed by atoms with van der Waals surface area (Å²) in [4.78, 5) is 0. The van der Waals surface area contributed by atoms with Crippen LogP contribution < -0.4 is 0 Å². The van der Waals surface area contributed by atoms with Gasteiger partial charge >= 0.3 is 0 Å². The summed E-state index contributed by atoms with van der Waals surface area (Å²) >= 11 is 0. The third-order valence-corrected chi connectivity index (χ3v) is 7.07. The second-order valence-corrected chi connectivity index (χ2v) is 10.5. The number of piperidine rings is 1. The average Bonchev–Trinajstić information content (AvgIpc) is 2.62. The van der Waals surface area contributed by atoms with Gasteiger partial charge in [0.15, 0.2) is 0 Å². The zero-order chi connectivity index (χ0) is 21.0. The second-order valence-electron chi connectivity index (χ2n) is 10.5. The lowest BCUT2D eigenvalue weighted by molar-refractivity contribution is -0.279. The number of rotatable bonds is 15. The standard InChI is InChI=1S/C25H51NO2/c1-6-7-8-9-10-11-12-13-14-15-16-17-18-19-20-22-23(27)21-24(2,3)26(28)25(22,4)5/h22-23,27-28H,6-21H2,1-5H3. The van der Waals surface area contributed by atoms with Gasteiger partial charge in [-0.05, 0) is 40.5 Å². The Hall–Kier alpha value is -0.120. The van der Waals surface area contributed by atoms with Crippen molar-refractivity contribution in [3.8, 4) is 0 Å². The number of hydrogen-bond acceptors (Lipinski definition) is 3. The predicted molar refractivity (Wildman–Crippen MR) is 121 cm³/mol. The zero-order valence-electron chi connectivity index (χ0n) is 19.8. The summed E-state index contributed by atoms with van der Waals surface area (Å²) < 4.78 is 0. The van der Waals surface area contributed by atoms with E-state index in [1.54, 1.807) is 0 Å². The molecule has 1 fully saturated rings. The first-order valence-electron chi connectivity index (χ1n) is 12.4. The van der Waals surface area contributed by atoms with Gasteiger partial charge in [-0.3, -0.25) is 0 Å². The van der Waals surface area contributed by atoms with E-state index < -0.39 is 0 Å². The summed E-state index contributed by atoms with van der Waals surface area (Å²) in [5, 5.41) is 22.7. The first kappa shape index (κ1) is 25.9. The van der Waals surface area contributed by atoms with E-state index in [2.05, 4.69) is 20.8 Å². The topological polar surface area (TPSA) is 43.7 Å². The van der Waals surface area contributed by atoms with Crippen molar-refractivity contribution in [3.05, 3.63) is 0 Å².